The number of hydrogen-bond donors (Lipinski definition) is 0. The highest BCUT2D eigenvalue weighted by atomic mass is 32.1. The van der Waals surface area contributed by atoms with Gasteiger partial charge >= 0.3 is 0 Å². The third-order valence-electron chi connectivity index (χ3n) is 8.95. The zero-order chi connectivity index (χ0) is 33.2. The van der Waals surface area contributed by atoms with Crippen molar-refractivity contribution < 1.29 is 0 Å². The van der Waals surface area contributed by atoms with Crippen LogP contribution in [0.3, 0.4) is 0 Å². The Morgan fingerprint density at radius 1 is 0.531 bits per heavy atom. The zero-order valence-corrected chi connectivity index (χ0v) is 27.8. The number of nitrogens with zero attached hydrogens (tertiary/aromatic N) is 6. The van der Waals surface area contributed by atoms with Crippen molar-refractivity contribution in [2.24, 2.45) is 4.99 Å². The molecule has 0 unspecified atom stereocenters. The van der Waals surface area contributed by atoms with Gasteiger partial charge in [-0.15, -0.1) is 0 Å². The summed E-state index contributed by atoms with van der Waals surface area (Å²) in [6.07, 6.45) is 0. The average molecular weight is 673 g/mol. The van der Waals surface area contributed by atoms with E-state index >= 15 is 0 Å². The predicted octanol–water partition coefficient (Wildman–Crippen LogP) is 8.58. The van der Waals surface area contributed by atoms with Crippen LogP contribution in [0, 0.1) is 13.8 Å². The van der Waals surface area contributed by atoms with Gasteiger partial charge in [-0.25, -0.2) is 4.99 Å². The van der Waals surface area contributed by atoms with Crippen LogP contribution in [-0.4, -0.2) is 17.5 Å². The summed E-state index contributed by atoms with van der Waals surface area (Å²) in [7, 11) is 0. The Kier molecular flexibility index (Phi) is 6.75. The van der Waals surface area contributed by atoms with Crippen LogP contribution in [-0.2, 0) is 0 Å². The first-order valence-corrected chi connectivity index (χ1v) is 17.1. The fourth-order valence-corrected chi connectivity index (χ4v) is 7.58. The Morgan fingerprint density at radius 3 is 1.67 bits per heavy atom. The molecule has 9 aromatic rings. The number of aryl methyl sites for hydroxylation is 2. The van der Waals surface area contributed by atoms with E-state index in [-0.39, 0.29) is 5.36 Å². The molecule has 2 aromatic heterocycles. The van der Waals surface area contributed by atoms with Crippen LogP contribution in [0.2, 0.25) is 0 Å². The van der Waals surface area contributed by atoms with Crippen LogP contribution in [0.25, 0.3) is 54.7 Å². The van der Waals surface area contributed by atoms with E-state index in [0.717, 1.165) is 67.9 Å². The lowest BCUT2D eigenvalue weighted by Crippen LogP contribution is -2.30. The second kappa shape index (κ2) is 11.3. The van der Waals surface area contributed by atoms with Crippen molar-refractivity contribution >= 4 is 89.8 Å². The van der Waals surface area contributed by atoms with E-state index in [1.54, 1.807) is 24.3 Å². The topological polar surface area (TPSA) is 101 Å². The molecule has 0 saturated heterocycles. The lowest BCUT2D eigenvalue weighted by molar-refractivity contribution is 1.27. The van der Waals surface area contributed by atoms with Crippen molar-refractivity contribution in [3.8, 4) is 11.1 Å². The first-order valence-electron chi connectivity index (χ1n) is 15.6. The summed E-state index contributed by atoms with van der Waals surface area (Å²) in [6, 6.07) is 36.5. The van der Waals surface area contributed by atoms with Gasteiger partial charge in [-0.1, -0.05) is 71.8 Å². The molecule has 0 saturated carbocycles. The zero-order valence-electron chi connectivity index (χ0n) is 26.2. The van der Waals surface area contributed by atoms with E-state index in [2.05, 4.69) is 106 Å². The molecule has 0 fully saturated rings. The summed E-state index contributed by atoms with van der Waals surface area (Å²) in [4.78, 5) is 32.7. The molecular weight excluding hydrogens is 649 g/mol. The molecule has 2 heterocycles. The highest BCUT2D eigenvalue weighted by Crippen LogP contribution is 2.41. The Bertz CT molecular complexity index is 2840. The maximum absolute atomic E-state index is 13.0. The van der Waals surface area contributed by atoms with Gasteiger partial charge < -0.3 is 4.90 Å². The van der Waals surface area contributed by atoms with E-state index in [1.165, 1.54) is 11.1 Å². The van der Waals surface area contributed by atoms with Crippen LogP contribution < -0.4 is 21.1 Å². The van der Waals surface area contributed by atoms with Crippen molar-refractivity contribution in [1.29, 1.82) is 0 Å². The van der Waals surface area contributed by atoms with Gasteiger partial charge in [0.25, 0.3) is 5.43 Å². The lowest BCUT2D eigenvalue weighted by atomic mass is 9.97. The van der Waals surface area contributed by atoms with Crippen molar-refractivity contribution in [2.75, 3.05) is 4.90 Å². The normalized spacial score (nSPS) is 12.2. The second-order valence-electron chi connectivity index (χ2n) is 12.1. The van der Waals surface area contributed by atoms with E-state index in [1.807, 2.05) is 6.07 Å². The SMILES string of the molecule is Cc1ccc(N(c2ccc(C)cc2)c2ccc(-c3cc4c(cc(N=c5c(=O)c(=O)c6ccccc56)c5nsnc54)c4nsnc34)cc2)cc1. The van der Waals surface area contributed by atoms with Crippen LogP contribution in [0.5, 0.6) is 0 Å². The van der Waals surface area contributed by atoms with Crippen LogP contribution in [0.1, 0.15) is 11.1 Å². The molecule has 0 bridgehead atoms. The molecule has 49 heavy (non-hydrogen) atoms. The average Bonchev–Trinajstić information content (AvgIpc) is 3.88. The van der Waals surface area contributed by atoms with Gasteiger partial charge in [0, 0.05) is 44.2 Å². The fraction of sp³-hybridized carbons (Fsp3) is 0.0513. The molecule has 0 aliphatic rings. The van der Waals surface area contributed by atoms with E-state index in [4.69, 9.17) is 13.7 Å². The molecule has 8 nitrogen and oxygen atoms in total. The summed E-state index contributed by atoms with van der Waals surface area (Å²) in [5.41, 5.74) is 9.49. The largest absolute Gasteiger partial charge is 0.311 e. The number of anilines is 3. The number of fused-ring (bicyclic) bond motifs is 6. The molecule has 0 radical (unpaired) electrons. The van der Waals surface area contributed by atoms with Crippen LogP contribution in [0.15, 0.2) is 124 Å². The summed E-state index contributed by atoms with van der Waals surface area (Å²) in [5.74, 6) is 0. The number of benzene rings is 6. The van der Waals surface area contributed by atoms with Gasteiger partial charge in [0.15, 0.2) is 0 Å². The lowest BCUT2D eigenvalue weighted by Gasteiger charge is -2.26. The highest BCUT2D eigenvalue weighted by Gasteiger charge is 2.20. The second-order valence-corrected chi connectivity index (χ2v) is 13.1. The maximum atomic E-state index is 13.0. The Balaban J connectivity index is 1.20. The van der Waals surface area contributed by atoms with E-state index in [9.17, 15) is 9.59 Å². The Hall–Kier alpha value is -5.97. The van der Waals surface area contributed by atoms with Gasteiger partial charge in [0.2, 0.25) is 5.43 Å². The number of rotatable bonds is 5. The smallest absolute Gasteiger partial charge is 0.252 e. The third kappa shape index (κ3) is 4.75. The predicted molar refractivity (Wildman–Crippen MR) is 200 cm³/mol. The molecular formula is C39H24N6O2S2. The fourth-order valence-electron chi connectivity index (χ4n) is 6.44. The first-order chi connectivity index (χ1) is 23.9. The molecule has 7 aromatic carbocycles. The molecule has 0 N–H and O–H groups in total. The molecule has 0 aliphatic heterocycles. The van der Waals surface area contributed by atoms with Gasteiger partial charge in [-0.05, 0) is 67.9 Å². The Morgan fingerprint density at radius 2 is 1.04 bits per heavy atom. The Labute approximate surface area is 287 Å². The van der Waals surface area contributed by atoms with Gasteiger partial charge in [0.05, 0.1) is 29.1 Å². The van der Waals surface area contributed by atoms with Crippen LogP contribution in [0.4, 0.5) is 22.7 Å². The summed E-state index contributed by atoms with van der Waals surface area (Å²) >= 11 is 2.22. The van der Waals surface area contributed by atoms with Crippen molar-refractivity contribution in [3.63, 3.8) is 0 Å². The number of aromatic nitrogens is 4. The quantitative estimate of drug-likeness (QED) is 0.169. The monoisotopic (exact) mass is 672 g/mol. The van der Waals surface area contributed by atoms with E-state index in [0.29, 0.717) is 33.0 Å². The third-order valence-corrected chi connectivity index (χ3v) is 10.0. The van der Waals surface area contributed by atoms with Crippen molar-refractivity contribution in [1.82, 2.24) is 17.5 Å². The highest BCUT2D eigenvalue weighted by molar-refractivity contribution is 7.00. The molecule has 0 amide bonds. The first kappa shape index (κ1) is 29.2. The van der Waals surface area contributed by atoms with E-state index < -0.39 is 10.9 Å². The molecule has 0 atom stereocenters. The maximum Gasteiger partial charge on any atom is 0.252 e. The van der Waals surface area contributed by atoms with Gasteiger partial charge in [-0.2, -0.15) is 17.5 Å². The number of hydrogen-bond acceptors (Lipinski definition) is 10. The standard InChI is InChI=1S/C39H24N6O2S2/c1-21-7-13-24(14-8-21)45(25-15-9-22(2)10-16-25)26-17-11-23(12-18-26)29-19-30-31(34-33(29)41-48-42-34)20-32(37-35(30)43-49-44-37)40-36-27-5-3-4-6-28(27)38(46)39(36)47/h3-20H,1-2H3. The molecule has 0 spiro atoms. The van der Waals surface area contributed by atoms with Crippen molar-refractivity contribution in [3.05, 3.63) is 146 Å². The minimum Gasteiger partial charge on any atom is -0.311 e. The molecule has 10 heteroatoms. The molecule has 9 rings (SSSR count). The molecule has 0 aliphatic carbocycles. The summed E-state index contributed by atoms with van der Waals surface area (Å²) in [5, 5.41) is 2.67. The minimum atomic E-state index is -0.625. The summed E-state index contributed by atoms with van der Waals surface area (Å²) < 4.78 is 18.7. The van der Waals surface area contributed by atoms with Crippen LogP contribution >= 0.6 is 23.5 Å². The van der Waals surface area contributed by atoms with Gasteiger partial charge in [0.1, 0.15) is 27.4 Å². The minimum absolute atomic E-state index is 0.115. The molecule has 234 valence electrons. The summed E-state index contributed by atoms with van der Waals surface area (Å²) in [6.45, 7) is 4.18. The van der Waals surface area contributed by atoms with Gasteiger partial charge in [-0.3, -0.25) is 9.59 Å². The van der Waals surface area contributed by atoms with Crippen molar-refractivity contribution in [2.45, 2.75) is 13.8 Å².